The van der Waals surface area contributed by atoms with Crippen LogP contribution in [0.4, 0.5) is 10.1 Å². The van der Waals surface area contributed by atoms with Gasteiger partial charge in [-0.15, -0.1) is 10.2 Å². The predicted octanol–water partition coefficient (Wildman–Crippen LogP) is 4.01. The van der Waals surface area contributed by atoms with Gasteiger partial charge < -0.3 is 20.2 Å². The topological polar surface area (TPSA) is 154 Å². The molecule has 0 aromatic carbocycles. The molecule has 0 saturated heterocycles. The summed E-state index contributed by atoms with van der Waals surface area (Å²) in [7, 11) is 0. The third kappa shape index (κ3) is 6.52. The highest BCUT2D eigenvalue weighted by molar-refractivity contribution is 6.00. The van der Waals surface area contributed by atoms with E-state index in [4.69, 9.17) is 4.42 Å². The third-order valence-corrected chi connectivity index (χ3v) is 7.49. The van der Waals surface area contributed by atoms with Crippen LogP contribution in [0.1, 0.15) is 67.2 Å². The molecule has 1 aliphatic carbocycles. The second-order valence-electron chi connectivity index (χ2n) is 11.1. The van der Waals surface area contributed by atoms with Gasteiger partial charge in [0.25, 0.3) is 5.91 Å². The van der Waals surface area contributed by atoms with E-state index < -0.39 is 17.7 Å². The van der Waals surface area contributed by atoms with E-state index in [0.717, 1.165) is 37.6 Å². The normalized spacial score (nSPS) is 18.1. The molecule has 4 heterocycles. The number of aromatic nitrogens is 5. The molecule has 1 saturated carbocycles. The largest absolute Gasteiger partial charge is 0.426 e. The van der Waals surface area contributed by atoms with Gasteiger partial charge in [0.1, 0.15) is 12.2 Å². The van der Waals surface area contributed by atoms with E-state index in [9.17, 15) is 19.6 Å². The molecule has 12 heteroatoms. The molecule has 0 bridgehead atoms. The standard InChI is InChI=1S/C29H33FN8O3/c1-17-36-37-27(41-17)11-18-4-6-20(7-5-18)35-23-12-24(25-9-8-21-10-19(13-31)14-34-38(21)25)32-15-22(23)28(39)33-16-26(30)29(2,3)40/h8-10,12,14-15,18,20,26,40H,4-7,11,16H2,1-3H3,(H,32,35)(H,33,39)/t18?,20?,26-/m1/s1. The number of halogens is 1. The number of amides is 1. The van der Waals surface area contributed by atoms with E-state index >= 15 is 0 Å². The van der Waals surface area contributed by atoms with Crippen molar-refractivity contribution in [2.45, 2.75) is 70.7 Å². The fraction of sp³-hybridized carbons (Fsp3) is 0.448. The van der Waals surface area contributed by atoms with Crippen LogP contribution in [0.15, 0.2) is 41.1 Å². The Morgan fingerprint density at radius 2 is 2.02 bits per heavy atom. The van der Waals surface area contributed by atoms with Crippen LogP contribution in [0.3, 0.4) is 0 Å². The summed E-state index contributed by atoms with van der Waals surface area (Å²) in [6.07, 6.45) is 5.75. The maximum absolute atomic E-state index is 14.4. The number of carbonyl (C=O) groups is 1. The monoisotopic (exact) mass is 560 g/mol. The van der Waals surface area contributed by atoms with E-state index in [2.05, 4.69) is 37.0 Å². The molecule has 4 aromatic rings. The summed E-state index contributed by atoms with van der Waals surface area (Å²) >= 11 is 0. The van der Waals surface area contributed by atoms with E-state index in [1.54, 1.807) is 23.6 Å². The molecular weight excluding hydrogens is 527 g/mol. The summed E-state index contributed by atoms with van der Waals surface area (Å²) in [5.74, 6) is 1.16. The zero-order chi connectivity index (χ0) is 29.1. The fourth-order valence-electron chi connectivity index (χ4n) is 5.08. The van der Waals surface area contributed by atoms with Crippen LogP contribution in [0.5, 0.6) is 0 Å². The first-order chi connectivity index (χ1) is 19.6. The Bertz CT molecular complexity index is 1580. The van der Waals surface area contributed by atoms with Gasteiger partial charge in [0.15, 0.2) is 0 Å². The number of carbonyl (C=O) groups excluding carboxylic acids is 1. The van der Waals surface area contributed by atoms with Crippen LogP contribution in [0.2, 0.25) is 0 Å². The molecule has 3 N–H and O–H groups in total. The smallest absolute Gasteiger partial charge is 0.255 e. The summed E-state index contributed by atoms with van der Waals surface area (Å²) in [6.45, 7) is 4.16. The van der Waals surface area contributed by atoms with Gasteiger partial charge in [-0.1, -0.05) is 0 Å². The lowest BCUT2D eigenvalue weighted by atomic mass is 9.84. The van der Waals surface area contributed by atoms with Crippen molar-refractivity contribution in [1.82, 2.24) is 30.1 Å². The average molecular weight is 561 g/mol. The minimum atomic E-state index is -1.63. The first-order valence-electron chi connectivity index (χ1n) is 13.7. The lowest BCUT2D eigenvalue weighted by Crippen LogP contribution is -2.42. The maximum atomic E-state index is 14.4. The summed E-state index contributed by atoms with van der Waals surface area (Å²) < 4.78 is 21.6. The van der Waals surface area contributed by atoms with E-state index in [1.807, 2.05) is 12.1 Å². The Morgan fingerprint density at radius 1 is 1.24 bits per heavy atom. The van der Waals surface area contributed by atoms with Gasteiger partial charge in [0.2, 0.25) is 11.8 Å². The molecule has 1 atom stereocenters. The Hall–Kier alpha value is -4.37. The van der Waals surface area contributed by atoms with Crippen molar-refractivity contribution in [3.8, 4) is 17.5 Å². The summed E-state index contributed by atoms with van der Waals surface area (Å²) in [5.41, 5.74) is 1.75. The average Bonchev–Trinajstić information content (AvgIpc) is 3.57. The van der Waals surface area contributed by atoms with Crippen LogP contribution < -0.4 is 10.6 Å². The quantitative estimate of drug-likeness (QED) is 0.275. The van der Waals surface area contributed by atoms with Crippen LogP contribution in [-0.4, -0.2) is 60.2 Å². The molecule has 0 spiro atoms. The number of hydrogen-bond acceptors (Lipinski definition) is 9. The van der Waals surface area contributed by atoms with Crippen molar-refractivity contribution in [3.05, 3.63) is 59.6 Å². The highest BCUT2D eigenvalue weighted by atomic mass is 19.1. The maximum Gasteiger partial charge on any atom is 0.255 e. The molecule has 11 nitrogen and oxygen atoms in total. The van der Waals surface area contributed by atoms with Gasteiger partial charge in [0, 0.05) is 25.6 Å². The van der Waals surface area contributed by atoms with Crippen LogP contribution in [0.25, 0.3) is 16.9 Å². The number of fused-ring (bicyclic) bond motifs is 1. The molecule has 1 aliphatic rings. The lowest BCUT2D eigenvalue weighted by Gasteiger charge is -2.30. The van der Waals surface area contributed by atoms with E-state index in [0.29, 0.717) is 40.3 Å². The van der Waals surface area contributed by atoms with Crippen molar-refractivity contribution in [2.75, 3.05) is 11.9 Å². The van der Waals surface area contributed by atoms with E-state index in [1.165, 1.54) is 26.2 Å². The number of pyridine rings is 1. The zero-order valence-electron chi connectivity index (χ0n) is 23.3. The number of aryl methyl sites for hydroxylation is 1. The number of alkyl halides is 1. The van der Waals surface area contributed by atoms with Crippen molar-refractivity contribution in [2.24, 2.45) is 5.92 Å². The van der Waals surface area contributed by atoms with Crippen molar-refractivity contribution >= 4 is 17.1 Å². The number of aliphatic hydroxyl groups is 1. The van der Waals surface area contributed by atoms with Gasteiger partial charge in [0.05, 0.1) is 52.1 Å². The minimum absolute atomic E-state index is 0.114. The molecule has 41 heavy (non-hydrogen) atoms. The molecule has 0 aliphatic heterocycles. The Morgan fingerprint density at radius 3 is 2.71 bits per heavy atom. The number of nitrogens with zero attached hydrogens (tertiary/aromatic N) is 6. The van der Waals surface area contributed by atoms with Gasteiger partial charge in [-0.05, 0) is 69.7 Å². The summed E-state index contributed by atoms with van der Waals surface area (Å²) in [4.78, 5) is 17.7. The van der Waals surface area contributed by atoms with Gasteiger partial charge >= 0.3 is 0 Å². The van der Waals surface area contributed by atoms with Crippen molar-refractivity contribution in [1.29, 1.82) is 5.26 Å². The molecule has 0 radical (unpaired) electrons. The Balaban J connectivity index is 1.37. The molecule has 0 unspecified atom stereocenters. The summed E-state index contributed by atoms with van der Waals surface area (Å²) in [6, 6.07) is 9.45. The fourth-order valence-corrected chi connectivity index (χ4v) is 5.08. The van der Waals surface area contributed by atoms with Gasteiger partial charge in [-0.2, -0.15) is 10.4 Å². The second-order valence-corrected chi connectivity index (χ2v) is 11.1. The molecular formula is C29H33FN8O3. The van der Waals surface area contributed by atoms with Gasteiger partial charge in [-0.25, -0.2) is 8.91 Å². The number of anilines is 1. The molecule has 5 rings (SSSR count). The first kappa shape index (κ1) is 28.2. The molecule has 1 fully saturated rings. The number of rotatable bonds is 9. The minimum Gasteiger partial charge on any atom is -0.426 e. The Labute approximate surface area is 236 Å². The SMILES string of the molecule is Cc1nnc(CC2CCC(Nc3cc(-c4ccc5cc(C#N)cnn45)ncc3C(=O)NC[C@@H](F)C(C)(C)O)CC2)o1. The highest BCUT2D eigenvalue weighted by Crippen LogP contribution is 2.31. The zero-order valence-corrected chi connectivity index (χ0v) is 23.3. The Kier molecular flexibility index (Phi) is 7.99. The highest BCUT2D eigenvalue weighted by Gasteiger charge is 2.28. The lowest BCUT2D eigenvalue weighted by molar-refractivity contribution is -0.00177. The molecule has 1 amide bonds. The van der Waals surface area contributed by atoms with Crippen LogP contribution in [-0.2, 0) is 6.42 Å². The first-order valence-corrected chi connectivity index (χ1v) is 13.7. The molecule has 214 valence electrons. The van der Waals surface area contributed by atoms with Crippen LogP contribution >= 0.6 is 0 Å². The van der Waals surface area contributed by atoms with E-state index in [-0.39, 0.29) is 18.2 Å². The van der Waals surface area contributed by atoms with Crippen molar-refractivity contribution in [3.63, 3.8) is 0 Å². The van der Waals surface area contributed by atoms with Gasteiger partial charge in [-0.3, -0.25) is 9.78 Å². The van der Waals surface area contributed by atoms with Crippen molar-refractivity contribution < 1.29 is 18.7 Å². The predicted molar refractivity (Wildman–Crippen MR) is 149 cm³/mol. The summed E-state index contributed by atoms with van der Waals surface area (Å²) in [5, 5.41) is 37.7. The number of hydrogen-bond donors (Lipinski definition) is 3. The number of nitrogens with one attached hydrogen (secondary N) is 2. The third-order valence-electron chi connectivity index (χ3n) is 7.49. The second kappa shape index (κ2) is 11.6. The number of nitriles is 1. The van der Waals surface area contributed by atoms with Crippen LogP contribution in [0, 0.1) is 24.2 Å². The molecule has 4 aromatic heterocycles.